The molecule has 0 saturated carbocycles. The van der Waals surface area contributed by atoms with Gasteiger partial charge in [-0.2, -0.15) is 0 Å². The van der Waals surface area contributed by atoms with Crippen molar-refractivity contribution < 1.29 is 5.11 Å². The van der Waals surface area contributed by atoms with Gasteiger partial charge in [0.05, 0.1) is 0 Å². The lowest BCUT2D eigenvalue weighted by Gasteiger charge is -2.21. The summed E-state index contributed by atoms with van der Waals surface area (Å²) < 4.78 is 0. The molecule has 2 unspecified atom stereocenters. The molecule has 2 aromatic rings. The lowest BCUT2D eigenvalue weighted by atomic mass is 10.0. The number of rotatable bonds is 4. The maximum absolute atomic E-state index is 9.59. The normalized spacial score (nSPS) is 14.4. The number of aromatic hydroxyl groups is 1. The minimum absolute atomic E-state index is 0.273. The molecule has 1 heterocycles. The zero-order valence-corrected chi connectivity index (χ0v) is 11.1. The molecule has 0 fully saturated rings. The molecular weight excluding hydrogens is 224 g/mol. The first-order valence-corrected chi connectivity index (χ1v) is 6.46. The van der Waals surface area contributed by atoms with Crippen LogP contribution in [0.25, 0.3) is 10.8 Å². The van der Waals surface area contributed by atoms with Gasteiger partial charge in [-0.25, -0.2) is 4.98 Å². The summed E-state index contributed by atoms with van der Waals surface area (Å²) in [6.45, 7) is 6.57. The average molecular weight is 244 g/mol. The maximum Gasteiger partial charge on any atom is 0.134 e. The van der Waals surface area contributed by atoms with Gasteiger partial charge in [-0.1, -0.05) is 26.3 Å². The van der Waals surface area contributed by atoms with Crippen molar-refractivity contribution in [2.45, 2.75) is 33.2 Å². The molecule has 0 aliphatic carbocycles. The van der Waals surface area contributed by atoms with Crippen LogP contribution in [0.1, 0.15) is 27.2 Å². The van der Waals surface area contributed by atoms with Crippen LogP contribution in [-0.2, 0) is 0 Å². The van der Waals surface area contributed by atoms with E-state index in [1.54, 1.807) is 18.3 Å². The van der Waals surface area contributed by atoms with E-state index in [1.165, 1.54) is 0 Å². The fourth-order valence-electron chi connectivity index (χ4n) is 1.98. The average Bonchev–Trinajstić information content (AvgIpc) is 2.38. The molecule has 0 aliphatic heterocycles. The molecule has 2 rings (SSSR count). The fraction of sp³-hybridized carbons (Fsp3) is 0.400. The quantitative estimate of drug-likeness (QED) is 0.860. The lowest BCUT2D eigenvalue weighted by Crippen LogP contribution is -2.23. The molecule has 2 N–H and O–H groups in total. The van der Waals surface area contributed by atoms with Gasteiger partial charge >= 0.3 is 0 Å². The first-order chi connectivity index (χ1) is 8.61. The molecule has 0 saturated heterocycles. The summed E-state index contributed by atoms with van der Waals surface area (Å²) in [6.07, 6.45) is 2.93. The van der Waals surface area contributed by atoms with Crippen molar-refractivity contribution in [1.82, 2.24) is 4.98 Å². The predicted octanol–water partition coefficient (Wildman–Crippen LogP) is 3.79. The van der Waals surface area contributed by atoms with Crippen LogP contribution in [-0.4, -0.2) is 16.1 Å². The minimum Gasteiger partial charge on any atom is -0.508 e. The van der Waals surface area contributed by atoms with Gasteiger partial charge in [-0.05, 0) is 36.4 Å². The Morgan fingerprint density at radius 1 is 1.28 bits per heavy atom. The van der Waals surface area contributed by atoms with Gasteiger partial charge in [0, 0.05) is 17.6 Å². The van der Waals surface area contributed by atoms with Crippen LogP contribution >= 0.6 is 0 Å². The van der Waals surface area contributed by atoms with Crippen LogP contribution in [0.15, 0.2) is 30.5 Å². The van der Waals surface area contributed by atoms with Gasteiger partial charge in [-0.15, -0.1) is 0 Å². The number of nitrogens with one attached hydrogen (secondary N) is 1. The molecule has 3 heteroatoms. The molecule has 0 aliphatic rings. The van der Waals surface area contributed by atoms with Crippen LogP contribution < -0.4 is 5.32 Å². The van der Waals surface area contributed by atoms with Crippen LogP contribution in [0.2, 0.25) is 0 Å². The van der Waals surface area contributed by atoms with Crippen molar-refractivity contribution in [3.63, 3.8) is 0 Å². The smallest absolute Gasteiger partial charge is 0.134 e. The molecule has 1 aromatic heterocycles. The second kappa shape index (κ2) is 5.25. The molecule has 0 amide bonds. The molecule has 96 valence electrons. The second-order valence-electron chi connectivity index (χ2n) is 4.88. The fourth-order valence-corrected chi connectivity index (χ4v) is 1.98. The zero-order valence-electron chi connectivity index (χ0n) is 11.1. The zero-order chi connectivity index (χ0) is 13.1. The van der Waals surface area contributed by atoms with Crippen molar-refractivity contribution in [3.05, 3.63) is 30.5 Å². The lowest BCUT2D eigenvalue weighted by molar-refractivity contribution is 0.476. The first kappa shape index (κ1) is 12.7. The molecular formula is C15H20N2O. The summed E-state index contributed by atoms with van der Waals surface area (Å²) in [6, 6.07) is 7.67. The van der Waals surface area contributed by atoms with E-state index in [0.717, 1.165) is 23.0 Å². The van der Waals surface area contributed by atoms with Crippen molar-refractivity contribution in [1.29, 1.82) is 0 Å². The summed E-state index contributed by atoms with van der Waals surface area (Å²) in [7, 11) is 0. The molecule has 1 aromatic carbocycles. The highest BCUT2D eigenvalue weighted by molar-refractivity contribution is 5.92. The first-order valence-electron chi connectivity index (χ1n) is 6.46. The van der Waals surface area contributed by atoms with Gasteiger partial charge in [-0.3, -0.25) is 0 Å². The van der Waals surface area contributed by atoms with Gasteiger partial charge in [0.25, 0.3) is 0 Å². The Morgan fingerprint density at radius 3 is 2.78 bits per heavy atom. The topological polar surface area (TPSA) is 45.2 Å². The van der Waals surface area contributed by atoms with Gasteiger partial charge in [0.2, 0.25) is 0 Å². The van der Waals surface area contributed by atoms with Crippen molar-refractivity contribution in [2.24, 2.45) is 5.92 Å². The van der Waals surface area contributed by atoms with E-state index in [-0.39, 0.29) is 5.75 Å². The molecule has 3 nitrogen and oxygen atoms in total. The van der Waals surface area contributed by atoms with E-state index in [4.69, 9.17) is 0 Å². The summed E-state index contributed by atoms with van der Waals surface area (Å²) in [5, 5.41) is 15.1. The van der Waals surface area contributed by atoms with Crippen LogP contribution in [0, 0.1) is 5.92 Å². The third kappa shape index (κ3) is 2.55. The van der Waals surface area contributed by atoms with Crippen LogP contribution in [0.3, 0.4) is 0 Å². The van der Waals surface area contributed by atoms with Crippen molar-refractivity contribution in [3.8, 4) is 5.75 Å². The SMILES string of the molecule is CCC(C)C(C)Nc1nccc2ccc(O)cc12. The summed E-state index contributed by atoms with van der Waals surface area (Å²) in [4.78, 5) is 4.38. The predicted molar refractivity (Wildman–Crippen MR) is 75.9 cm³/mol. The molecule has 18 heavy (non-hydrogen) atoms. The van der Waals surface area contributed by atoms with Crippen molar-refractivity contribution >= 4 is 16.6 Å². The number of hydrogen-bond acceptors (Lipinski definition) is 3. The van der Waals surface area contributed by atoms with Crippen molar-refractivity contribution in [2.75, 3.05) is 5.32 Å². The monoisotopic (exact) mass is 244 g/mol. The Kier molecular flexibility index (Phi) is 3.70. The molecule has 0 bridgehead atoms. The summed E-state index contributed by atoms with van der Waals surface area (Å²) in [5.74, 6) is 1.70. The molecule has 0 radical (unpaired) electrons. The van der Waals surface area contributed by atoms with E-state index in [2.05, 4.69) is 31.1 Å². The summed E-state index contributed by atoms with van der Waals surface area (Å²) >= 11 is 0. The van der Waals surface area contributed by atoms with E-state index < -0.39 is 0 Å². The maximum atomic E-state index is 9.59. The number of fused-ring (bicyclic) bond motifs is 1. The highest BCUT2D eigenvalue weighted by Gasteiger charge is 2.12. The Balaban J connectivity index is 2.35. The van der Waals surface area contributed by atoms with E-state index >= 15 is 0 Å². The second-order valence-corrected chi connectivity index (χ2v) is 4.88. The third-order valence-corrected chi connectivity index (χ3v) is 3.61. The Bertz CT molecular complexity index is 539. The van der Waals surface area contributed by atoms with E-state index in [1.807, 2.05) is 12.1 Å². The van der Waals surface area contributed by atoms with E-state index in [0.29, 0.717) is 12.0 Å². The molecule has 0 spiro atoms. The number of hydrogen-bond donors (Lipinski definition) is 2. The Morgan fingerprint density at radius 2 is 2.06 bits per heavy atom. The van der Waals surface area contributed by atoms with Crippen LogP contribution in [0.5, 0.6) is 5.75 Å². The van der Waals surface area contributed by atoms with Gasteiger partial charge in [0.1, 0.15) is 11.6 Å². The number of aromatic nitrogens is 1. The largest absolute Gasteiger partial charge is 0.508 e. The number of nitrogens with zero attached hydrogens (tertiary/aromatic N) is 1. The van der Waals surface area contributed by atoms with Gasteiger partial charge in [0.15, 0.2) is 0 Å². The number of anilines is 1. The number of phenols is 1. The Hall–Kier alpha value is -1.77. The number of phenolic OH excluding ortho intramolecular Hbond substituents is 1. The highest BCUT2D eigenvalue weighted by atomic mass is 16.3. The third-order valence-electron chi connectivity index (χ3n) is 3.61. The standard InChI is InChI=1S/C15H20N2O/c1-4-10(2)11(3)17-15-14-9-13(18)6-5-12(14)7-8-16-15/h5-11,18H,4H2,1-3H3,(H,16,17). The molecule has 2 atom stereocenters. The highest BCUT2D eigenvalue weighted by Crippen LogP contribution is 2.26. The summed E-state index contributed by atoms with van der Waals surface area (Å²) in [5.41, 5.74) is 0. The minimum atomic E-state index is 0.273. The van der Waals surface area contributed by atoms with Gasteiger partial charge < -0.3 is 10.4 Å². The Labute approximate surface area is 108 Å². The van der Waals surface area contributed by atoms with Crippen LogP contribution in [0.4, 0.5) is 5.82 Å². The number of benzene rings is 1. The van der Waals surface area contributed by atoms with E-state index in [9.17, 15) is 5.11 Å². The number of pyridine rings is 1.